The van der Waals surface area contributed by atoms with E-state index in [0.717, 1.165) is 6.07 Å². The molecule has 2 heterocycles. The van der Waals surface area contributed by atoms with Crippen LogP contribution in [0.1, 0.15) is 38.2 Å². The largest absolute Gasteiger partial charge is 0.433 e. The van der Waals surface area contributed by atoms with Crippen molar-refractivity contribution < 1.29 is 26.0 Å². The number of aromatic nitrogens is 3. The minimum Gasteiger partial charge on any atom is -0.311 e. The predicted molar refractivity (Wildman–Crippen MR) is 109 cm³/mol. The summed E-state index contributed by atoms with van der Waals surface area (Å²) < 4.78 is 81.1. The smallest absolute Gasteiger partial charge is 0.311 e. The molecule has 0 radical (unpaired) electrons. The average Bonchev–Trinajstić information content (AvgIpc) is 3.13. The van der Waals surface area contributed by atoms with E-state index in [1.165, 1.54) is 24.4 Å². The van der Waals surface area contributed by atoms with Gasteiger partial charge in [-0.3, -0.25) is 9.67 Å². The molecule has 0 unspecified atom stereocenters. The number of pyridine rings is 1. The zero-order valence-electron chi connectivity index (χ0n) is 17.4. The molecule has 7 nitrogen and oxygen atoms in total. The molecule has 1 aromatic carbocycles. The van der Waals surface area contributed by atoms with Crippen LogP contribution in [-0.4, -0.2) is 23.2 Å². The van der Waals surface area contributed by atoms with Crippen molar-refractivity contribution >= 4 is 10.0 Å². The van der Waals surface area contributed by atoms with Crippen LogP contribution >= 0.6 is 0 Å². The number of alkyl halides is 3. The maximum absolute atomic E-state index is 13.9. The Balaban J connectivity index is 1.99. The average molecular weight is 471 g/mol. The third-order valence-corrected chi connectivity index (χ3v) is 5.91. The van der Waals surface area contributed by atoms with Gasteiger partial charge in [-0.1, -0.05) is 12.1 Å². The first kappa shape index (κ1) is 23.8. The van der Waals surface area contributed by atoms with E-state index in [-0.39, 0.29) is 5.56 Å². The van der Waals surface area contributed by atoms with Gasteiger partial charge in [0.05, 0.1) is 23.6 Å². The zero-order chi connectivity index (χ0) is 23.9. The van der Waals surface area contributed by atoms with Crippen LogP contribution in [-0.2, 0) is 21.7 Å². The van der Waals surface area contributed by atoms with Crippen molar-refractivity contribution in [1.29, 1.82) is 0 Å². The SMILES string of the molecule is CC(C)(C)n1ncc([C@@H](N)NS(=O)(=O)c2ccc(C(F)(F)F)nc2)c1-c1cccc(F)c1. The molecule has 0 aliphatic carbocycles. The lowest BCUT2D eigenvalue weighted by molar-refractivity contribution is -0.141. The van der Waals surface area contributed by atoms with Crippen molar-refractivity contribution in [3.63, 3.8) is 0 Å². The van der Waals surface area contributed by atoms with Gasteiger partial charge in [-0.25, -0.2) is 12.8 Å². The van der Waals surface area contributed by atoms with Crippen molar-refractivity contribution in [2.24, 2.45) is 5.73 Å². The predicted octanol–water partition coefficient (Wildman–Crippen LogP) is 3.79. The minimum atomic E-state index is -4.70. The molecule has 0 amide bonds. The van der Waals surface area contributed by atoms with Gasteiger partial charge in [0.15, 0.2) is 0 Å². The number of rotatable bonds is 5. The van der Waals surface area contributed by atoms with E-state index in [2.05, 4.69) is 14.8 Å². The molecule has 12 heteroatoms. The quantitative estimate of drug-likeness (QED) is 0.435. The summed E-state index contributed by atoms with van der Waals surface area (Å²) in [5, 5.41) is 4.30. The van der Waals surface area contributed by atoms with Crippen LogP contribution in [0.15, 0.2) is 53.7 Å². The first-order valence-corrected chi connectivity index (χ1v) is 10.8. The van der Waals surface area contributed by atoms with E-state index in [9.17, 15) is 26.0 Å². The number of benzene rings is 1. The second kappa shape index (κ2) is 8.26. The third-order valence-electron chi connectivity index (χ3n) is 4.49. The molecule has 3 rings (SSSR count). The molecule has 0 bridgehead atoms. The van der Waals surface area contributed by atoms with Crippen molar-refractivity contribution in [1.82, 2.24) is 19.5 Å². The van der Waals surface area contributed by atoms with Gasteiger partial charge in [0, 0.05) is 17.3 Å². The van der Waals surface area contributed by atoms with Crippen LogP contribution < -0.4 is 10.5 Å². The highest BCUT2D eigenvalue weighted by atomic mass is 32.2. The Hall–Kier alpha value is -2.83. The summed E-state index contributed by atoms with van der Waals surface area (Å²) in [5.41, 5.74) is 5.43. The van der Waals surface area contributed by atoms with Crippen molar-refractivity contribution in [3.05, 3.63) is 65.9 Å². The van der Waals surface area contributed by atoms with Crippen molar-refractivity contribution in [2.75, 3.05) is 0 Å². The first-order chi connectivity index (χ1) is 14.7. The summed E-state index contributed by atoms with van der Waals surface area (Å²) in [6.45, 7) is 5.57. The van der Waals surface area contributed by atoms with Gasteiger partial charge >= 0.3 is 6.18 Å². The van der Waals surface area contributed by atoms with Crippen LogP contribution in [0.2, 0.25) is 0 Å². The molecule has 0 aliphatic rings. The number of sulfonamides is 1. The minimum absolute atomic E-state index is 0.258. The maximum atomic E-state index is 13.9. The normalized spacial score (nSPS) is 13.9. The van der Waals surface area contributed by atoms with Gasteiger partial charge in [0.2, 0.25) is 10.0 Å². The molecular weight excluding hydrogens is 450 g/mol. The van der Waals surface area contributed by atoms with E-state index < -0.39 is 44.3 Å². The fourth-order valence-corrected chi connectivity index (χ4v) is 4.06. The van der Waals surface area contributed by atoms with Crippen molar-refractivity contribution in [3.8, 4) is 11.3 Å². The Labute approximate surface area is 182 Å². The third kappa shape index (κ3) is 4.97. The first-order valence-electron chi connectivity index (χ1n) is 9.35. The topological polar surface area (TPSA) is 103 Å². The van der Waals surface area contributed by atoms with E-state index in [0.29, 0.717) is 23.5 Å². The molecule has 172 valence electrons. The number of nitrogens with two attached hydrogens (primary N) is 1. The molecular formula is C20H21F4N5O2S. The van der Waals surface area contributed by atoms with Crippen molar-refractivity contribution in [2.45, 2.75) is 43.5 Å². The lowest BCUT2D eigenvalue weighted by Gasteiger charge is -2.24. The molecule has 3 N–H and O–H groups in total. The molecule has 0 fully saturated rings. The molecule has 2 aromatic heterocycles. The summed E-state index contributed by atoms with van der Waals surface area (Å²) in [4.78, 5) is 2.68. The van der Waals surface area contributed by atoms with E-state index in [1.807, 2.05) is 20.8 Å². The Morgan fingerprint density at radius 1 is 1.09 bits per heavy atom. The fourth-order valence-electron chi connectivity index (χ4n) is 3.03. The lowest BCUT2D eigenvalue weighted by Crippen LogP contribution is -2.34. The lowest BCUT2D eigenvalue weighted by atomic mass is 10.0. The van der Waals surface area contributed by atoms with E-state index >= 15 is 0 Å². The van der Waals surface area contributed by atoms with Gasteiger partial charge < -0.3 is 5.73 Å². The molecule has 0 saturated carbocycles. The standard InChI is InChI=1S/C20H21F4N5O2S/c1-19(2,3)29-17(12-5-4-6-13(21)9-12)15(11-27-29)18(25)28-32(30,31)14-7-8-16(26-10-14)20(22,23)24/h4-11,18,28H,25H2,1-3H3/t18-/m0/s1. The summed E-state index contributed by atoms with van der Waals surface area (Å²) in [5.74, 6) is -0.500. The molecule has 0 aliphatic heterocycles. The Kier molecular flexibility index (Phi) is 6.15. The van der Waals surface area contributed by atoms with Crippen LogP contribution in [0.5, 0.6) is 0 Å². The highest BCUT2D eigenvalue weighted by Crippen LogP contribution is 2.32. The van der Waals surface area contributed by atoms with Crippen LogP contribution in [0.25, 0.3) is 11.3 Å². The number of halogens is 4. The number of nitrogens with zero attached hydrogens (tertiary/aromatic N) is 3. The molecule has 0 saturated heterocycles. The number of hydrogen-bond acceptors (Lipinski definition) is 5. The summed E-state index contributed by atoms with van der Waals surface area (Å²) in [7, 11) is -4.32. The van der Waals surface area contributed by atoms with Crippen LogP contribution in [0.3, 0.4) is 0 Å². The van der Waals surface area contributed by atoms with Gasteiger partial charge in [0.25, 0.3) is 0 Å². The van der Waals surface area contributed by atoms with Crippen LogP contribution in [0.4, 0.5) is 17.6 Å². The second-order valence-electron chi connectivity index (χ2n) is 8.02. The maximum Gasteiger partial charge on any atom is 0.433 e. The Bertz CT molecular complexity index is 1220. The fraction of sp³-hybridized carbons (Fsp3) is 0.300. The Morgan fingerprint density at radius 3 is 2.31 bits per heavy atom. The van der Waals surface area contributed by atoms with E-state index in [1.54, 1.807) is 10.7 Å². The molecule has 1 atom stereocenters. The zero-order valence-corrected chi connectivity index (χ0v) is 18.2. The van der Waals surface area contributed by atoms with Gasteiger partial charge in [-0.05, 0) is 45.0 Å². The molecule has 0 spiro atoms. The van der Waals surface area contributed by atoms with Crippen LogP contribution in [0, 0.1) is 5.82 Å². The van der Waals surface area contributed by atoms with Gasteiger partial charge in [0.1, 0.15) is 16.4 Å². The van der Waals surface area contributed by atoms with Gasteiger partial charge in [-0.15, -0.1) is 0 Å². The monoisotopic (exact) mass is 471 g/mol. The summed E-state index contributed by atoms with van der Waals surface area (Å²) in [6.07, 6.45) is -4.06. The summed E-state index contributed by atoms with van der Waals surface area (Å²) >= 11 is 0. The van der Waals surface area contributed by atoms with E-state index in [4.69, 9.17) is 5.73 Å². The molecule has 3 aromatic rings. The van der Waals surface area contributed by atoms with Gasteiger partial charge in [-0.2, -0.15) is 23.0 Å². The summed E-state index contributed by atoms with van der Waals surface area (Å²) in [6, 6.07) is 7.02. The highest BCUT2D eigenvalue weighted by Gasteiger charge is 2.33. The number of nitrogens with one attached hydrogen (secondary N) is 1. The molecule has 32 heavy (non-hydrogen) atoms. The number of hydrogen-bond donors (Lipinski definition) is 2. The second-order valence-corrected chi connectivity index (χ2v) is 9.73. The highest BCUT2D eigenvalue weighted by molar-refractivity contribution is 7.89. The Morgan fingerprint density at radius 2 is 1.78 bits per heavy atom.